The van der Waals surface area contributed by atoms with E-state index in [9.17, 15) is 5.26 Å². The van der Waals surface area contributed by atoms with Crippen molar-refractivity contribution in [1.82, 2.24) is 9.55 Å². The van der Waals surface area contributed by atoms with Crippen LogP contribution in [0.25, 0.3) is 5.70 Å². The number of fused-ring (bicyclic) bond motifs is 6. The molecule has 1 aliphatic carbocycles. The number of hydrogen-bond donors (Lipinski definition) is 0. The van der Waals surface area contributed by atoms with E-state index in [0.717, 1.165) is 29.8 Å². The van der Waals surface area contributed by atoms with Crippen molar-refractivity contribution in [3.8, 4) is 6.07 Å². The van der Waals surface area contributed by atoms with Crippen LogP contribution in [0.3, 0.4) is 0 Å². The lowest BCUT2D eigenvalue weighted by atomic mass is 10.0. The molecule has 2 aliphatic heterocycles. The molecule has 3 heterocycles. The summed E-state index contributed by atoms with van der Waals surface area (Å²) in [7, 11) is 0. The molecule has 0 aromatic carbocycles. The molecule has 0 fully saturated rings. The van der Waals surface area contributed by atoms with Gasteiger partial charge >= 0.3 is 0 Å². The van der Waals surface area contributed by atoms with Gasteiger partial charge in [-0.2, -0.15) is 5.26 Å². The highest BCUT2D eigenvalue weighted by molar-refractivity contribution is 5.55. The Labute approximate surface area is 146 Å². The molecular weight excluding hydrogens is 314 g/mol. The lowest BCUT2D eigenvalue weighted by molar-refractivity contribution is 0.154. The third-order valence-electron chi connectivity index (χ3n) is 4.33. The average Bonchev–Trinajstić information content (AvgIpc) is 3.22. The van der Waals surface area contributed by atoms with E-state index in [4.69, 9.17) is 9.47 Å². The van der Waals surface area contributed by atoms with E-state index in [-0.39, 0.29) is 12.2 Å². The Bertz CT molecular complexity index is 890. The van der Waals surface area contributed by atoms with E-state index in [1.54, 1.807) is 18.7 Å². The number of hydrogen-bond acceptors (Lipinski definition) is 4. The third kappa shape index (κ3) is 3.20. The quantitative estimate of drug-likeness (QED) is 0.675. The molecule has 5 nitrogen and oxygen atoms in total. The summed E-state index contributed by atoms with van der Waals surface area (Å²) in [5.74, 6) is 0. The SMILES string of the molecule is N#CC1=COC2C=CCC(=C2)/C=C\OC2C/C(=C/C=C1)n1cncc12. The maximum atomic E-state index is 9.27. The summed E-state index contributed by atoms with van der Waals surface area (Å²) in [6, 6.07) is 2.14. The number of ether oxygens (including phenoxy) is 2. The Morgan fingerprint density at radius 2 is 2.24 bits per heavy atom. The highest BCUT2D eigenvalue weighted by Gasteiger charge is 2.27. The number of aromatic nitrogens is 2. The van der Waals surface area contributed by atoms with Crippen molar-refractivity contribution in [2.45, 2.75) is 25.0 Å². The van der Waals surface area contributed by atoms with Crippen LogP contribution >= 0.6 is 0 Å². The Balaban J connectivity index is 1.70. The van der Waals surface area contributed by atoms with Crippen LogP contribution in [0.4, 0.5) is 0 Å². The van der Waals surface area contributed by atoms with Crippen LogP contribution in [-0.2, 0) is 9.47 Å². The molecule has 0 saturated heterocycles. The smallest absolute Gasteiger partial charge is 0.145 e. The van der Waals surface area contributed by atoms with Crippen molar-refractivity contribution in [2.75, 3.05) is 0 Å². The van der Waals surface area contributed by atoms with E-state index in [1.807, 2.05) is 41.1 Å². The second-order valence-electron chi connectivity index (χ2n) is 6.00. The second-order valence-corrected chi connectivity index (χ2v) is 6.00. The summed E-state index contributed by atoms with van der Waals surface area (Å²) >= 11 is 0. The standard InChI is InChI=1S/C20H17N3O2/c21-11-16-4-1-5-17-10-20(19-12-22-14-23(17)19)24-8-7-15-3-2-6-18(9-15)25-13-16/h1-2,4-9,12-14,18,20H,3,10H2/b4-1?,8-7-,16-13?,17-5-. The predicted octanol–water partition coefficient (Wildman–Crippen LogP) is 3.95. The molecule has 0 saturated carbocycles. The normalized spacial score (nSPS) is 27.9. The topological polar surface area (TPSA) is 60.1 Å². The minimum Gasteiger partial charge on any atom is -0.491 e. The van der Waals surface area contributed by atoms with Crippen LogP contribution in [0.15, 0.2) is 78.7 Å². The van der Waals surface area contributed by atoms with Crippen LogP contribution < -0.4 is 0 Å². The van der Waals surface area contributed by atoms with Crippen molar-refractivity contribution < 1.29 is 9.47 Å². The fourth-order valence-electron chi connectivity index (χ4n) is 3.06. The molecule has 25 heavy (non-hydrogen) atoms. The summed E-state index contributed by atoms with van der Waals surface area (Å²) in [6.45, 7) is 0. The molecule has 2 atom stereocenters. The first kappa shape index (κ1) is 15.3. The highest BCUT2D eigenvalue weighted by atomic mass is 16.5. The molecule has 0 N–H and O–H groups in total. The van der Waals surface area contributed by atoms with Gasteiger partial charge in [0.2, 0.25) is 0 Å². The van der Waals surface area contributed by atoms with E-state index < -0.39 is 0 Å². The zero-order chi connectivity index (χ0) is 17.1. The second kappa shape index (κ2) is 6.70. The molecule has 2 unspecified atom stereocenters. The van der Waals surface area contributed by atoms with Gasteiger partial charge in [-0.05, 0) is 42.4 Å². The van der Waals surface area contributed by atoms with Crippen LogP contribution in [0, 0.1) is 11.3 Å². The van der Waals surface area contributed by atoms with Crippen LogP contribution in [0.1, 0.15) is 24.6 Å². The van der Waals surface area contributed by atoms with Crippen molar-refractivity contribution in [1.29, 1.82) is 5.26 Å². The monoisotopic (exact) mass is 331 g/mol. The summed E-state index contributed by atoms with van der Waals surface area (Å²) in [4.78, 5) is 4.21. The zero-order valence-corrected chi connectivity index (χ0v) is 13.6. The van der Waals surface area contributed by atoms with Crippen molar-refractivity contribution in [3.05, 3.63) is 84.4 Å². The van der Waals surface area contributed by atoms with Gasteiger partial charge in [-0.3, -0.25) is 0 Å². The van der Waals surface area contributed by atoms with Crippen LogP contribution in [0.5, 0.6) is 0 Å². The fraction of sp³-hybridized carbons (Fsp3) is 0.200. The zero-order valence-electron chi connectivity index (χ0n) is 13.6. The van der Waals surface area contributed by atoms with Gasteiger partial charge in [0.1, 0.15) is 24.5 Å². The van der Waals surface area contributed by atoms with Gasteiger partial charge in [0.05, 0.1) is 30.1 Å². The van der Waals surface area contributed by atoms with Gasteiger partial charge < -0.3 is 14.0 Å². The molecule has 4 bridgehead atoms. The molecule has 0 spiro atoms. The lowest BCUT2D eigenvalue weighted by Gasteiger charge is -2.14. The van der Waals surface area contributed by atoms with Gasteiger partial charge in [-0.1, -0.05) is 12.2 Å². The Morgan fingerprint density at radius 3 is 3.16 bits per heavy atom. The minimum atomic E-state index is -0.175. The number of nitriles is 1. The molecule has 3 aliphatic rings. The predicted molar refractivity (Wildman–Crippen MR) is 93.6 cm³/mol. The Morgan fingerprint density at radius 1 is 1.28 bits per heavy atom. The van der Waals surface area contributed by atoms with E-state index in [0.29, 0.717) is 5.57 Å². The van der Waals surface area contributed by atoms with E-state index >= 15 is 0 Å². The molecule has 124 valence electrons. The number of allylic oxidation sites excluding steroid dienone is 7. The molecule has 1 aromatic rings. The molecule has 4 rings (SSSR count). The van der Waals surface area contributed by atoms with Crippen molar-refractivity contribution >= 4 is 5.70 Å². The summed E-state index contributed by atoms with van der Waals surface area (Å²) < 4.78 is 13.7. The lowest BCUT2D eigenvalue weighted by Crippen LogP contribution is -2.06. The molecular formula is C20H17N3O2. The molecule has 5 heteroatoms. The van der Waals surface area contributed by atoms with Gasteiger partial charge in [-0.15, -0.1) is 0 Å². The van der Waals surface area contributed by atoms with Crippen molar-refractivity contribution in [2.24, 2.45) is 0 Å². The highest BCUT2D eigenvalue weighted by Crippen LogP contribution is 2.36. The molecule has 1 aromatic heterocycles. The number of rotatable bonds is 0. The summed E-state index contributed by atoms with van der Waals surface area (Å²) in [5.41, 5.74) is 3.70. The first-order valence-electron chi connectivity index (χ1n) is 8.18. The van der Waals surface area contributed by atoms with E-state index in [1.165, 1.54) is 6.26 Å². The average molecular weight is 331 g/mol. The first-order valence-corrected chi connectivity index (χ1v) is 8.18. The van der Waals surface area contributed by atoms with Gasteiger partial charge in [0.25, 0.3) is 0 Å². The fourth-order valence-corrected chi connectivity index (χ4v) is 3.06. The van der Waals surface area contributed by atoms with Crippen LogP contribution in [0.2, 0.25) is 0 Å². The Hall–Kier alpha value is -3.26. The summed E-state index contributed by atoms with van der Waals surface area (Å²) in [5, 5.41) is 9.27. The van der Waals surface area contributed by atoms with Crippen molar-refractivity contribution in [3.63, 3.8) is 0 Å². The van der Waals surface area contributed by atoms with Crippen LogP contribution in [-0.4, -0.2) is 15.7 Å². The maximum absolute atomic E-state index is 9.27. The maximum Gasteiger partial charge on any atom is 0.145 e. The first-order chi connectivity index (χ1) is 12.3. The van der Waals surface area contributed by atoms with Gasteiger partial charge in [-0.25, -0.2) is 4.98 Å². The number of nitrogens with zero attached hydrogens (tertiary/aromatic N) is 3. The van der Waals surface area contributed by atoms with E-state index in [2.05, 4.69) is 17.1 Å². The molecule has 0 radical (unpaired) electrons. The van der Waals surface area contributed by atoms with Gasteiger partial charge in [0, 0.05) is 12.1 Å². The summed E-state index contributed by atoms with van der Waals surface area (Å²) in [6.07, 6.45) is 21.8. The Kier molecular flexibility index (Phi) is 4.09. The minimum absolute atomic E-state index is 0.0544. The molecule has 0 amide bonds. The number of imidazole rings is 1. The third-order valence-corrected chi connectivity index (χ3v) is 4.33. The van der Waals surface area contributed by atoms with Gasteiger partial charge in [0.15, 0.2) is 0 Å². The largest absolute Gasteiger partial charge is 0.491 e.